The molecule has 4 heteroatoms. The second kappa shape index (κ2) is 3.70. The normalized spacial score (nSPS) is 10.5. The Morgan fingerprint density at radius 3 is 2.69 bits per heavy atom. The van der Waals surface area contributed by atoms with E-state index in [0.29, 0.717) is 6.54 Å². The quantitative estimate of drug-likeness (QED) is 0.615. The summed E-state index contributed by atoms with van der Waals surface area (Å²) in [7, 11) is 1.73. The first-order chi connectivity index (χ1) is 6.07. The van der Waals surface area contributed by atoms with Crippen LogP contribution in [-0.4, -0.2) is 16.3 Å². The van der Waals surface area contributed by atoms with Crippen molar-refractivity contribution in [2.75, 3.05) is 6.61 Å². The molecule has 0 atom stereocenters. The maximum absolute atomic E-state index is 11.6. The third-order valence-electron chi connectivity index (χ3n) is 2.21. The largest absolute Gasteiger partial charge is 0.498 e. The monoisotopic (exact) mass is 183 g/mol. The van der Waals surface area contributed by atoms with Crippen molar-refractivity contribution in [1.29, 1.82) is 0 Å². The molecule has 0 unspecified atom stereocenters. The van der Waals surface area contributed by atoms with Crippen molar-refractivity contribution in [1.82, 2.24) is 4.57 Å². The first-order valence-electron chi connectivity index (χ1n) is 4.26. The fourth-order valence-electron chi connectivity index (χ4n) is 1.33. The highest BCUT2D eigenvalue weighted by Crippen LogP contribution is 1.94. The minimum absolute atomic E-state index is 0.0101. The SMILES string of the molecule is Cc1cc(C)[n+](C)c(=O)n1CCO. The van der Waals surface area contributed by atoms with Crippen molar-refractivity contribution in [2.24, 2.45) is 7.05 Å². The maximum atomic E-state index is 11.6. The van der Waals surface area contributed by atoms with Crippen LogP contribution in [0.25, 0.3) is 0 Å². The van der Waals surface area contributed by atoms with Crippen LogP contribution in [-0.2, 0) is 13.6 Å². The fourth-order valence-corrected chi connectivity index (χ4v) is 1.33. The second-order valence-corrected chi connectivity index (χ2v) is 3.14. The molecule has 0 fully saturated rings. The average molecular weight is 183 g/mol. The fraction of sp³-hybridized carbons (Fsp3) is 0.556. The Morgan fingerprint density at radius 2 is 2.15 bits per heavy atom. The summed E-state index contributed by atoms with van der Waals surface area (Å²) >= 11 is 0. The van der Waals surface area contributed by atoms with Gasteiger partial charge in [0.05, 0.1) is 13.7 Å². The molecule has 0 saturated carbocycles. The molecule has 0 aromatic carbocycles. The summed E-state index contributed by atoms with van der Waals surface area (Å²) in [6.45, 7) is 4.10. The van der Waals surface area contributed by atoms with Crippen LogP contribution in [0.3, 0.4) is 0 Å². The zero-order valence-electron chi connectivity index (χ0n) is 8.24. The Hall–Kier alpha value is -1.16. The van der Waals surface area contributed by atoms with Gasteiger partial charge in [0.2, 0.25) is 0 Å². The maximum Gasteiger partial charge on any atom is 0.498 e. The number of hydrogen-bond acceptors (Lipinski definition) is 2. The predicted molar refractivity (Wildman–Crippen MR) is 48.4 cm³/mol. The molecule has 0 amide bonds. The van der Waals surface area contributed by atoms with Crippen LogP contribution in [0.2, 0.25) is 0 Å². The highest BCUT2D eigenvalue weighted by Gasteiger charge is 2.12. The van der Waals surface area contributed by atoms with Crippen molar-refractivity contribution in [2.45, 2.75) is 20.4 Å². The summed E-state index contributed by atoms with van der Waals surface area (Å²) in [6, 6.07) is 1.93. The van der Waals surface area contributed by atoms with Crippen molar-refractivity contribution in [3.63, 3.8) is 0 Å². The van der Waals surface area contributed by atoms with Crippen LogP contribution < -0.4 is 10.3 Å². The van der Waals surface area contributed by atoms with Crippen LogP contribution in [0.5, 0.6) is 0 Å². The Balaban J connectivity index is 3.35. The van der Waals surface area contributed by atoms with Crippen LogP contribution in [0, 0.1) is 13.8 Å². The molecular formula is C9H15N2O2+. The Labute approximate surface area is 77.1 Å². The van der Waals surface area contributed by atoms with Gasteiger partial charge in [0, 0.05) is 6.07 Å². The molecule has 0 radical (unpaired) electrons. The third-order valence-corrected chi connectivity index (χ3v) is 2.21. The molecule has 1 heterocycles. The third kappa shape index (κ3) is 1.78. The lowest BCUT2D eigenvalue weighted by Crippen LogP contribution is -2.54. The molecule has 13 heavy (non-hydrogen) atoms. The number of nitrogens with zero attached hydrogens (tertiary/aromatic N) is 2. The summed E-state index contributed by atoms with van der Waals surface area (Å²) in [5, 5.41) is 8.76. The van der Waals surface area contributed by atoms with Gasteiger partial charge in [-0.25, -0.2) is 0 Å². The van der Waals surface area contributed by atoms with Crippen LogP contribution >= 0.6 is 0 Å². The van der Waals surface area contributed by atoms with E-state index >= 15 is 0 Å². The van der Waals surface area contributed by atoms with E-state index in [1.807, 2.05) is 19.9 Å². The highest BCUT2D eigenvalue weighted by atomic mass is 16.3. The van der Waals surface area contributed by atoms with E-state index in [4.69, 9.17) is 5.11 Å². The zero-order chi connectivity index (χ0) is 10.0. The molecule has 1 aromatic heterocycles. The van der Waals surface area contributed by atoms with E-state index in [1.54, 1.807) is 16.2 Å². The van der Waals surface area contributed by atoms with Gasteiger partial charge in [-0.3, -0.25) is 0 Å². The van der Waals surface area contributed by atoms with Gasteiger partial charge in [0.25, 0.3) is 0 Å². The highest BCUT2D eigenvalue weighted by molar-refractivity contribution is 5.02. The second-order valence-electron chi connectivity index (χ2n) is 3.14. The number of aryl methyl sites for hydroxylation is 2. The summed E-state index contributed by atoms with van der Waals surface area (Å²) in [4.78, 5) is 11.6. The number of rotatable bonds is 2. The van der Waals surface area contributed by atoms with Gasteiger partial charge < -0.3 is 5.11 Å². The van der Waals surface area contributed by atoms with E-state index in [-0.39, 0.29) is 12.3 Å². The minimum Gasteiger partial charge on any atom is -0.392 e. The zero-order valence-corrected chi connectivity index (χ0v) is 8.24. The van der Waals surface area contributed by atoms with Gasteiger partial charge in [-0.1, -0.05) is 0 Å². The van der Waals surface area contributed by atoms with Crippen molar-refractivity contribution in [3.05, 3.63) is 27.9 Å². The Bertz CT molecular complexity index is 369. The summed E-state index contributed by atoms with van der Waals surface area (Å²) < 4.78 is 3.13. The standard InChI is InChI=1S/C9H15N2O2/c1-7-6-8(2)11(4-5-12)9(13)10(7)3/h6,12H,4-5H2,1-3H3/q+1. The molecule has 0 aliphatic rings. The van der Waals surface area contributed by atoms with Crippen molar-refractivity contribution >= 4 is 0 Å². The molecule has 1 aromatic rings. The van der Waals surface area contributed by atoms with E-state index in [1.165, 1.54) is 0 Å². The van der Waals surface area contributed by atoms with Gasteiger partial charge in [0.1, 0.15) is 17.9 Å². The van der Waals surface area contributed by atoms with Crippen LogP contribution in [0.4, 0.5) is 0 Å². The summed E-state index contributed by atoms with van der Waals surface area (Å²) in [5.41, 5.74) is 1.73. The topological polar surface area (TPSA) is 46.1 Å². The molecule has 1 rings (SSSR count). The molecule has 0 bridgehead atoms. The minimum atomic E-state index is -0.0773. The molecule has 0 aliphatic heterocycles. The van der Waals surface area contributed by atoms with Crippen LogP contribution in [0.1, 0.15) is 11.4 Å². The first kappa shape index (κ1) is 9.92. The summed E-state index contributed by atoms with van der Waals surface area (Å²) in [5.74, 6) is 0. The summed E-state index contributed by atoms with van der Waals surface area (Å²) in [6.07, 6.45) is 0. The van der Waals surface area contributed by atoms with E-state index in [0.717, 1.165) is 11.4 Å². The number of hydrogen-bond donors (Lipinski definition) is 1. The molecule has 72 valence electrons. The van der Waals surface area contributed by atoms with Gasteiger partial charge in [-0.2, -0.15) is 13.9 Å². The van der Waals surface area contributed by atoms with Gasteiger partial charge in [-0.05, 0) is 13.8 Å². The smallest absolute Gasteiger partial charge is 0.392 e. The number of aliphatic hydroxyl groups excluding tert-OH is 1. The Kier molecular flexibility index (Phi) is 2.83. The van der Waals surface area contributed by atoms with Gasteiger partial charge in [-0.15, -0.1) is 0 Å². The van der Waals surface area contributed by atoms with Crippen molar-refractivity contribution in [3.8, 4) is 0 Å². The first-order valence-corrected chi connectivity index (χ1v) is 4.26. The van der Waals surface area contributed by atoms with Crippen LogP contribution in [0.15, 0.2) is 10.9 Å². The lowest BCUT2D eigenvalue weighted by Gasteiger charge is -2.03. The van der Waals surface area contributed by atoms with E-state index < -0.39 is 0 Å². The van der Waals surface area contributed by atoms with Crippen molar-refractivity contribution < 1.29 is 9.67 Å². The molecular weight excluding hydrogens is 168 g/mol. The molecule has 0 saturated heterocycles. The predicted octanol–water partition coefficient (Wildman–Crippen LogP) is -0.718. The van der Waals surface area contributed by atoms with E-state index in [9.17, 15) is 4.79 Å². The molecule has 0 spiro atoms. The lowest BCUT2D eigenvalue weighted by molar-refractivity contribution is -0.697. The van der Waals surface area contributed by atoms with Gasteiger partial charge >= 0.3 is 5.69 Å². The molecule has 1 N–H and O–H groups in total. The van der Waals surface area contributed by atoms with Gasteiger partial charge in [0.15, 0.2) is 0 Å². The van der Waals surface area contributed by atoms with E-state index in [2.05, 4.69) is 0 Å². The average Bonchev–Trinajstić information content (AvgIpc) is 2.09. The molecule has 0 aliphatic carbocycles. The molecule has 4 nitrogen and oxygen atoms in total. The lowest BCUT2D eigenvalue weighted by atomic mass is 10.3. The number of aliphatic hydroxyl groups is 1. The number of aromatic nitrogens is 2. The Morgan fingerprint density at radius 1 is 1.54 bits per heavy atom.